The molecule has 1 aliphatic rings. The van der Waals surface area contributed by atoms with Crippen LogP contribution in [0.15, 0.2) is 34.7 Å². The summed E-state index contributed by atoms with van der Waals surface area (Å²) in [6.45, 7) is 4.59. The number of nitrogens with zero attached hydrogens (tertiary/aromatic N) is 2. The Labute approximate surface area is 167 Å². The van der Waals surface area contributed by atoms with E-state index in [2.05, 4.69) is 10.3 Å². The minimum Gasteiger partial charge on any atom is -0.441 e. The van der Waals surface area contributed by atoms with Gasteiger partial charge in [-0.25, -0.2) is 4.98 Å². The molecular formula is C19H27Cl2N3O2. The van der Waals surface area contributed by atoms with Crippen LogP contribution in [-0.4, -0.2) is 42.5 Å². The van der Waals surface area contributed by atoms with Crippen LogP contribution in [0.2, 0.25) is 0 Å². The van der Waals surface area contributed by atoms with Crippen LogP contribution in [0.5, 0.6) is 0 Å². The third kappa shape index (κ3) is 5.47. The van der Waals surface area contributed by atoms with E-state index in [4.69, 9.17) is 4.42 Å². The molecule has 26 heavy (non-hydrogen) atoms. The lowest BCUT2D eigenvalue weighted by Gasteiger charge is -2.31. The van der Waals surface area contributed by atoms with Gasteiger partial charge in [0, 0.05) is 18.7 Å². The number of aryl methyl sites for hydroxylation is 1. The second kappa shape index (κ2) is 10.6. The van der Waals surface area contributed by atoms with Crippen LogP contribution in [0.25, 0.3) is 11.5 Å². The fraction of sp³-hybridized carbons (Fsp3) is 0.474. The lowest BCUT2D eigenvalue weighted by Crippen LogP contribution is -2.41. The number of rotatable bonds is 5. The van der Waals surface area contributed by atoms with Gasteiger partial charge >= 0.3 is 0 Å². The average molecular weight is 400 g/mol. The fourth-order valence-corrected chi connectivity index (χ4v) is 3.23. The SMILES string of the molecule is CNCC1CCN(C(=O)Cc2nc(-c3ccccc3)oc2C)CC1.Cl.Cl. The number of nitrogens with one attached hydrogen (secondary N) is 1. The number of likely N-dealkylation sites (tertiary alicyclic amines) is 1. The van der Waals surface area contributed by atoms with E-state index >= 15 is 0 Å². The lowest BCUT2D eigenvalue weighted by atomic mass is 9.96. The van der Waals surface area contributed by atoms with Crippen molar-refractivity contribution in [1.82, 2.24) is 15.2 Å². The minimum atomic E-state index is 0. The van der Waals surface area contributed by atoms with Gasteiger partial charge in [-0.05, 0) is 51.4 Å². The molecule has 0 bridgehead atoms. The van der Waals surface area contributed by atoms with Crippen molar-refractivity contribution in [2.75, 3.05) is 26.7 Å². The van der Waals surface area contributed by atoms with E-state index in [-0.39, 0.29) is 30.7 Å². The van der Waals surface area contributed by atoms with Crippen LogP contribution in [0.1, 0.15) is 24.3 Å². The van der Waals surface area contributed by atoms with Gasteiger partial charge in [0.25, 0.3) is 0 Å². The predicted molar refractivity (Wildman–Crippen MR) is 108 cm³/mol. The van der Waals surface area contributed by atoms with Crippen molar-refractivity contribution in [2.45, 2.75) is 26.2 Å². The topological polar surface area (TPSA) is 58.4 Å². The quantitative estimate of drug-likeness (QED) is 0.835. The maximum absolute atomic E-state index is 12.6. The highest BCUT2D eigenvalue weighted by molar-refractivity contribution is 5.85. The Kier molecular flexibility index (Phi) is 9.13. The molecule has 1 N–H and O–H groups in total. The molecule has 0 spiro atoms. The van der Waals surface area contributed by atoms with Crippen molar-refractivity contribution in [3.8, 4) is 11.5 Å². The molecule has 0 unspecified atom stereocenters. The predicted octanol–water partition coefficient (Wildman–Crippen LogP) is 3.49. The first-order valence-corrected chi connectivity index (χ1v) is 8.61. The molecule has 1 aromatic carbocycles. The maximum atomic E-state index is 12.6. The monoisotopic (exact) mass is 399 g/mol. The van der Waals surface area contributed by atoms with Gasteiger partial charge < -0.3 is 14.6 Å². The zero-order valence-electron chi connectivity index (χ0n) is 15.2. The third-order valence-corrected chi connectivity index (χ3v) is 4.69. The van der Waals surface area contributed by atoms with Crippen molar-refractivity contribution in [2.24, 2.45) is 5.92 Å². The molecule has 0 radical (unpaired) electrons. The summed E-state index contributed by atoms with van der Waals surface area (Å²) in [6, 6.07) is 9.79. The summed E-state index contributed by atoms with van der Waals surface area (Å²) in [5.41, 5.74) is 1.68. The number of oxazole rings is 1. The molecule has 1 amide bonds. The summed E-state index contributed by atoms with van der Waals surface area (Å²) in [5, 5.41) is 3.22. The Morgan fingerprint density at radius 3 is 2.50 bits per heavy atom. The van der Waals surface area contributed by atoms with Crippen LogP contribution >= 0.6 is 24.8 Å². The Balaban J connectivity index is 0.00000169. The van der Waals surface area contributed by atoms with E-state index in [0.29, 0.717) is 18.2 Å². The van der Waals surface area contributed by atoms with Gasteiger partial charge in [-0.15, -0.1) is 24.8 Å². The molecule has 7 heteroatoms. The molecule has 144 valence electrons. The van der Waals surface area contributed by atoms with Gasteiger partial charge in [-0.1, -0.05) is 18.2 Å². The number of hydrogen-bond acceptors (Lipinski definition) is 4. The van der Waals surface area contributed by atoms with Crippen LogP contribution in [0.4, 0.5) is 0 Å². The van der Waals surface area contributed by atoms with Crippen LogP contribution in [0.3, 0.4) is 0 Å². The lowest BCUT2D eigenvalue weighted by molar-refractivity contribution is -0.131. The van der Waals surface area contributed by atoms with Crippen LogP contribution < -0.4 is 5.32 Å². The van der Waals surface area contributed by atoms with Gasteiger partial charge in [0.1, 0.15) is 5.76 Å². The molecule has 3 rings (SSSR count). The number of halogens is 2. The summed E-state index contributed by atoms with van der Waals surface area (Å²) < 4.78 is 5.75. The number of carbonyl (C=O) groups excluding carboxylic acids is 1. The molecule has 1 fully saturated rings. The van der Waals surface area contributed by atoms with Crippen molar-refractivity contribution in [3.05, 3.63) is 41.8 Å². The smallest absolute Gasteiger partial charge is 0.228 e. The fourth-order valence-electron chi connectivity index (χ4n) is 3.23. The largest absolute Gasteiger partial charge is 0.441 e. The molecule has 1 saturated heterocycles. The molecule has 2 heterocycles. The van der Waals surface area contributed by atoms with Crippen molar-refractivity contribution >= 4 is 30.7 Å². The van der Waals surface area contributed by atoms with Gasteiger partial charge in [-0.3, -0.25) is 4.79 Å². The first-order chi connectivity index (χ1) is 11.7. The highest BCUT2D eigenvalue weighted by atomic mass is 35.5. The van der Waals surface area contributed by atoms with Gasteiger partial charge in [0.15, 0.2) is 0 Å². The van der Waals surface area contributed by atoms with E-state index in [0.717, 1.165) is 49.5 Å². The minimum absolute atomic E-state index is 0. The summed E-state index contributed by atoms with van der Waals surface area (Å²) in [6.07, 6.45) is 2.46. The normalized spacial score (nSPS) is 14.5. The molecule has 0 saturated carbocycles. The van der Waals surface area contributed by atoms with E-state index in [1.165, 1.54) is 0 Å². The van der Waals surface area contributed by atoms with Crippen LogP contribution in [-0.2, 0) is 11.2 Å². The number of aromatic nitrogens is 1. The van der Waals surface area contributed by atoms with Gasteiger partial charge in [0.2, 0.25) is 11.8 Å². The molecule has 1 aliphatic heterocycles. The Morgan fingerprint density at radius 1 is 1.23 bits per heavy atom. The van der Waals surface area contributed by atoms with E-state index in [1.54, 1.807) is 0 Å². The first kappa shape index (κ1) is 22.5. The van der Waals surface area contributed by atoms with E-state index in [1.807, 2.05) is 49.2 Å². The van der Waals surface area contributed by atoms with Gasteiger partial charge in [0.05, 0.1) is 12.1 Å². The molecule has 5 nitrogen and oxygen atoms in total. The standard InChI is InChI=1S/C19H25N3O2.2ClH/c1-14-17(21-19(24-14)16-6-4-3-5-7-16)12-18(23)22-10-8-15(9-11-22)13-20-2;;/h3-7,15,20H,8-13H2,1-2H3;2*1H. The van der Waals surface area contributed by atoms with Crippen molar-refractivity contribution < 1.29 is 9.21 Å². The molecule has 0 atom stereocenters. The molecule has 1 aromatic heterocycles. The van der Waals surface area contributed by atoms with Crippen molar-refractivity contribution in [1.29, 1.82) is 0 Å². The molecule has 2 aromatic rings. The summed E-state index contributed by atoms with van der Waals surface area (Å²) in [5.74, 6) is 2.14. The third-order valence-electron chi connectivity index (χ3n) is 4.69. The Morgan fingerprint density at radius 2 is 1.88 bits per heavy atom. The van der Waals surface area contributed by atoms with E-state index < -0.39 is 0 Å². The van der Waals surface area contributed by atoms with Gasteiger partial charge in [-0.2, -0.15) is 0 Å². The molecule has 0 aliphatic carbocycles. The highest BCUT2D eigenvalue weighted by Gasteiger charge is 2.24. The first-order valence-electron chi connectivity index (χ1n) is 8.61. The zero-order valence-corrected chi connectivity index (χ0v) is 16.9. The number of benzene rings is 1. The second-order valence-corrected chi connectivity index (χ2v) is 6.45. The van der Waals surface area contributed by atoms with Crippen molar-refractivity contribution in [3.63, 3.8) is 0 Å². The zero-order chi connectivity index (χ0) is 16.9. The summed E-state index contributed by atoms with van der Waals surface area (Å²) in [4.78, 5) is 19.1. The highest BCUT2D eigenvalue weighted by Crippen LogP contribution is 2.23. The molecular weight excluding hydrogens is 373 g/mol. The summed E-state index contributed by atoms with van der Waals surface area (Å²) in [7, 11) is 1.98. The maximum Gasteiger partial charge on any atom is 0.228 e. The number of hydrogen-bond donors (Lipinski definition) is 1. The summed E-state index contributed by atoms with van der Waals surface area (Å²) >= 11 is 0. The number of carbonyl (C=O) groups is 1. The van der Waals surface area contributed by atoms with Crippen LogP contribution in [0, 0.1) is 12.8 Å². The number of amides is 1. The van der Waals surface area contributed by atoms with E-state index in [9.17, 15) is 4.79 Å². The second-order valence-electron chi connectivity index (χ2n) is 6.45. The Bertz CT molecular complexity index is 683. The number of piperidine rings is 1. The average Bonchev–Trinajstić information content (AvgIpc) is 2.97. The Hall–Kier alpha value is -1.56.